The van der Waals surface area contributed by atoms with Crippen molar-refractivity contribution in [2.75, 3.05) is 4.90 Å². The number of halogens is 1. The van der Waals surface area contributed by atoms with Gasteiger partial charge in [0.15, 0.2) is 4.32 Å². The van der Waals surface area contributed by atoms with Crippen LogP contribution in [0.3, 0.4) is 0 Å². The van der Waals surface area contributed by atoms with Crippen LogP contribution >= 0.6 is 24.0 Å². The number of thioether (sulfide) groups is 1. The molecule has 1 aliphatic heterocycles. The van der Waals surface area contributed by atoms with E-state index in [2.05, 4.69) is 6.92 Å². The third kappa shape index (κ3) is 3.21. The zero-order valence-corrected chi connectivity index (χ0v) is 14.1. The number of aryl methyl sites for hydroxylation is 1. The number of hydrogen-bond donors (Lipinski definition) is 0. The number of hydrogen-bond acceptors (Lipinski definition) is 3. The fraction of sp³-hybridized carbons (Fsp3) is 0.111. The molecule has 0 saturated carbocycles. The number of rotatable bonds is 3. The Morgan fingerprint density at radius 1 is 1.17 bits per heavy atom. The summed E-state index contributed by atoms with van der Waals surface area (Å²) in [6.45, 7) is 2.09. The molecule has 1 amide bonds. The lowest BCUT2D eigenvalue weighted by Gasteiger charge is -2.14. The first-order valence-electron chi connectivity index (χ1n) is 7.21. The maximum absolute atomic E-state index is 13.9. The van der Waals surface area contributed by atoms with Crippen LogP contribution in [-0.2, 0) is 11.2 Å². The molecule has 1 saturated heterocycles. The molecule has 0 spiro atoms. The normalized spacial score (nSPS) is 16.4. The van der Waals surface area contributed by atoms with Gasteiger partial charge in [-0.1, -0.05) is 67.3 Å². The van der Waals surface area contributed by atoms with E-state index in [-0.39, 0.29) is 11.6 Å². The Balaban J connectivity index is 1.91. The molecule has 2 nitrogen and oxygen atoms in total. The van der Waals surface area contributed by atoms with E-state index in [1.54, 1.807) is 24.3 Å². The van der Waals surface area contributed by atoms with Crippen LogP contribution in [0.4, 0.5) is 10.1 Å². The van der Waals surface area contributed by atoms with Crippen LogP contribution < -0.4 is 4.90 Å². The van der Waals surface area contributed by atoms with Crippen molar-refractivity contribution in [1.29, 1.82) is 0 Å². The van der Waals surface area contributed by atoms with Crippen LogP contribution in [0.25, 0.3) is 6.08 Å². The number of benzene rings is 2. The molecule has 23 heavy (non-hydrogen) atoms. The van der Waals surface area contributed by atoms with Crippen molar-refractivity contribution in [1.82, 2.24) is 0 Å². The summed E-state index contributed by atoms with van der Waals surface area (Å²) in [5, 5.41) is 0. The first kappa shape index (κ1) is 15.9. The Bertz CT molecular complexity index is 799. The number of carbonyl (C=O) groups excluding carboxylic acids is 1. The fourth-order valence-corrected chi connectivity index (χ4v) is 3.59. The molecule has 1 fully saturated rings. The van der Waals surface area contributed by atoms with Gasteiger partial charge in [-0.2, -0.15) is 0 Å². The third-order valence-electron chi connectivity index (χ3n) is 3.57. The van der Waals surface area contributed by atoms with Gasteiger partial charge in [-0.25, -0.2) is 4.39 Å². The van der Waals surface area contributed by atoms with Gasteiger partial charge in [-0.3, -0.25) is 9.69 Å². The van der Waals surface area contributed by atoms with Crippen molar-refractivity contribution in [2.24, 2.45) is 0 Å². The summed E-state index contributed by atoms with van der Waals surface area (Å²) in [5.41, 5.74) is 2.36. The molecule has 0 unspecified atom stereocenters. The summed E-state index contributed by atoms with van der Waals surface area (Å²) in [6, 6.07) is 14.1. The second-order valence-corrected chi connectivity index (χ2v) is 6.74. The molecule has 5 heteroatoms. The highest BCUT2D eigenvalue weighted by molar-refractivity contribution is 8.27. The Hall–Kier alpha value is -1.98. The van der Waals surface area contributed by atoms with E-state index in [9.17, 15) is 9.18 Å². The van der Waals surface area contributed by atoms with E-state index < -0.39 is 5.82 Å². The SMILES string of the molecule is CCc1ccc(/C=C2\SC(=S)N(c3ccccc3F)C2=O)cc1. The molecule has 1 heterocycles. The van der Waals surface area contributed by atoms with Crippen LogP contribution in [0.15, 0.2) is 53.4 Å². The average molecular weight is 343 g/mol. The maximum Gasteiger partial charge on any atom is 0.270 e. The minimum absolute atomic E-state index is 0.194. The van der Waals surface area contributed by atoms with E-state index in [0.29, 0.717) is 9.23 Å². The van der Waals surface area contributed by atoms with E-state index in [1.807, 2.05) is 24.3 Å². The Morgan fingerprint density at radius 2 is 1.87 bits per heavy atom. The molecular weight excluding hydrogens is 329 g/mol. The predicted molar refractivity (Wildman–Crippen MR) is 97.9 cm³/mol. The van der Waals surface area contributed by atoms with Crippen molar-refractivity contribution in [2.45, 2.75) is 13.3 Å². The zero-order chi connectivity index (χ0) is 16.4. The zero-order valence-electron chi connectivity index (χ0n) is 12.5. The summed E-state index contributed by atoms with van der Waals surface area (Å²) in [6.07, 6.45) is 2.76. The monoisotopic (exact) mass is 343 g/mol. The molecule has 0 bridgehead atoms. The third-order valence-corrected chi connectivity index (χ3v) is 4.87. The van der Waals surface area contributed by atoms with Crippen LogP contribution in [0.1, 0.15) is 18.1 Å². The van der Waals surface area contributed by atoms with E-state index in [4.69, 9.17) is 12.2 Å². The highest BCUT2D eigenvalue weighted by atomic mass is 32.2. The molecule has 0 aromatic heterocycles. The number of nitrogens with zero attached hydrogens (tertiary/aromatic N) is 1. The Labute approximate surface area is 144 Å². The number of carbonyl (C=O) groups is 1. The molecule has 0 radical (unpaired) electrons. The fourth-order valence-electron chi connectivity index (χ4n) is 2.31. The highest BCUT2D eigenvalue weighted by Gasteiger charge is 2.34. The number of amides is 1. The van der Waals surface area contributed by atoms with Gasteiger partial charge in [-0.15, -0.1) is 0 Å². The standard InChI is InChI=1S/C18H14FNOS2/c1-2-12-7-9-13(10-8-12)11-16-17(21)20(18(22)23-16)15-6-4-3-5-14(15)19/h3-11H,2H2,1H3/b16-11-. The van der Waals surface area contributed by atoms with E-state index >= 15 is 0 Å². The van der Waals surface area contributed by atoms with E-state index in [0.717, 1.165) is 12.0 Å². The average Bonchev–Trinajstić information content (AvgIpc) is 2.83. The van der Waals surface area contributed by atoms with Gasteiger partial charge >= 0.3 is 0 Å². The predicted octanol–water partition coefficient (Wildman–Crippen LogP) is 4.79. The topological polar surface area (TPSA) is 20.3 Å². The molecule has 2 aromatic carbocycles. The maximum atomic E-state index is 13.9. The lowest BCUT2D eigenvalue weighted by Crippen LogP contribution is -2.28. The molecule has 3 rings (SSSR count). The quantitative estimate of drug-likeness (QED) is 0.590. The summed E-state index contributed by atoms with van der Waals surface area (Å²) in [5.74, 6) is -0.748. The smallest absolute Gasteiger partial charge is 0.268 e. The van der Waals surface area contributed by atoms with Gasteiger partial charge < -0.3 is 0 Å². The van der Waals surface area contributed by atoms with Gasteiger partial charge in [0.05, 0.1) is 10.6 Å². The molecule has 1 aliphatic rings. The summed E-state index contributed by atoms with van der Waals surface area (Å²) < 4.78 is 14.3. The lowest BCUT2D eigenvalue weighted by atomic mass is 10.1. The molecule has 116 valence electrons. The minimum Gasteiger partial charge on any atom is -0.268 e. The van der Waals surface area contributed by atoms with Gasteiger partial charge in [0.1, 0.15) is 5.82 Å². The van der Waals surface area contributed by atoms with Crippen LogP contribution in [0.5, 0.6) is 0 Å². The molecule has 2 aromatic rings. The van der Waals surface area contributed by atoms with Crippen molar-refractivity contribution in [3.05, 3.63) is 70.4 Å². The molecule has 0 aliphatic carbocycles. The summed E-state index contributed by atoms with van der Waals surface area (Å²) >= 11 is 6.44. The van der Waals surface area contributed by atoms with Crippen LogP contribution in [-0.4, -0.2) is 10.2 Å². The lowest BCUT2D eigenvalue weighted by molar-refractivity contribution is -0.113. The van der Waals surface area contributed by atoms with Gasteiger partial charge in [0.2, 0.25) is 0 Å². The van der Waals surface area contributed by atoms with Crippen molar-refractivity contribution in [3.63, 3.8) is 0 Å². The summed E-state index contributed by atoms with van der Waals surface area (Å²) in [4.78, 5) is 14.3. The number of para-hydroxylation sites is 1. The van der Waals surface area contributed by atoms with Crippen molar-refractivity contribution >= 4 is 46.0 Å². The summed E-state index contributed by atoms with van der Waals surface area (Å²) in [7, 11) is 0. The molecular formula is C18H14FNOS2. The number of thiocarbonyl (C=S) groups is 1. The van der Waals surface area contributed by atoms with Crippen molar-refractivity contribution in [3.8, 4) is 0 Å². The second kappa shape index (κ2) is 6.64. The first-order valence-corrected chi connectivity index (χ1v) is 8.44. The van der Waals surface area contributed by atoms with E-state index in [1.165, 1.54) is 28.3 Å². The molecule has 0 atom stereocenters. The minimum atomic E-state index is -0.461. The van der Waals surface area contributed by atoms with Gasteiger partial charge in [0.25, 0.3) is 5.91 Å². The van der Waals surface area contributed by atoms with Gasteiger partial charge in [-0.05, 0) is 35.8 Å². The highest BCUT2D eigenvalue weighted by Crippen LogP contribution is 2.36. The Morgan fingerprint density at radius 3 is 2.52 bits per heavy atom. The number of anilines is 1. The largest absolute Gasteiger partial charge is 0.270 e. The first-order chi connectivity index (χ1) is 11.1. The second-order valence-electron chi connectivity index (χ2n) is 5.06. The van der Waals surface area contributed by atoms with Crippen LogP contribution in [0.2, 0.25) is 0 Å². The Kier molecular flexibility index (Phi) is 4.59. The van der Waals surface area contributed by atoms with Crippen LogP contribution in [0, 0.1) is 5.82 Å². The molecule has 0 N–H and O–H groups in total. The van der Waals surface area contributed by atoms with Crippen molar-refractivity contribution < 1.29 is 9.18 Å². The van der Waals surface area contributed by atoms with Gasteiger partial charge in [0, 0.05) is 0 Å².